The van der Waals surface area contributed by atoms with Crippen molar-refractivity contribution < 1.29 is 13.2 Å². The second kappa shape index (κ2) is 4.84. The molecular formula is C9H15F3N4. The molecule has 0 amide bonds. The Morgan fingerprint density at radius 3 is 2.56 bits per heavy atom. The van der Waals surface area contributed by atoms with Crippen LogP contribution in [-0.2, 0) is 7.05 Å². The summed E-state index contributed by atoms with van der Waals surface area (Å²) in [5.41, 5.74) is 3.91. The number of hydrogen-bond donors (Lipinski definition) is 2. The molecule has 0 aliphatic heterocycles. The first-order valence-electron chi connectivity index (χ1n) is 4.86. The van der Waals surface area contributed by atoms with Crippen molar-refractivity contribution in [2.45, 2.75) is 32.0 Å². The molecule has 0 bridgehead atoms. The van der Waals surface area contributed by atoms with Gasteiger partial charge in [0.2, 0.25) is 0 Å². The summed E-state index contributed by atoms with van der Waals surface area (Å²) >= 11 is 0. The monoisotopic (exact) mass is 236 g/mol. The minimum Gasteiger partial charge on any atom is -0.273 e. The number of aryl methyl sites for hydroxylation is 1. The molecule has 4 nitrogen and oxygen atoms in total. The Kier molecular flexibility index (Phi) is 3.93. The van der Waals surface area contributed by atoms with Gasteiger partial charge in [-0.3, -0.25) is 16.0 Å². The lowest BCUT2D eigenvalue weighted by atomic mass is 10.0. The van der Waals surface area contributed by atoms with E-state index in [2.05, 4.69) is 10.5 Å². The number of rotatable bonds is 4. The molecule has 0 radical (unpaired) electrons. The van der Waals surface area contributed by atoms with Gasteiger partial charge in [-0.25, -0.2) is 0 Å². The van der Waals surface area contributed by atoms with Crippen molar-refractivity contribution in [3.63, 3.8) is 0 Å². The third-order valence-electron chi connectivity index (χ3n) is 2.57. The quantitative estimate of drug-likeness (QED) is 0.616. The summed E-state index contributed by atoms with van der Waals surface area (Å²) in [4.78, 5) is 0. The van der Waals surface area contributed by atoms with Crippen LogP contribution in [0.5, 0.6) is 0 Å². The van der Waals surface area contributed by atoms with Gasteiger partial charge in [0.1, 0.15) is 0 Å². The number of hydrazine groups is 1. The Morgan fingerprint density at radius 1 is 1.56 bits per heavy atom. The number of aromatic nitrogens is 2. The van der Waals surface area contributed by atoms with E-state index in [0.717, 1.165) is 5.69 Å². The molecule has 0 aliphatic rings. The summed E-state index contributed by atoms with van der Waals surface area (Å²) < 4.78 is 37.9. The van der Waals surface area contributed by atoms with E-state index in [4.69, 9.17) is 5.84 Å². The van der Waals surface area contributed by atoms with Gasteiger partial charge in [0, 0.05) is 30.8 Å². The smallest absolute Gasteiger partial charge is 0.273 e. The van der Waals surface area contributed by atoms with Gasteiger partial charge in [-0.2, -0.15) is 18.3 Å². The van der Waals surface area contributed by atoms with Gasteiger partial charge in [-0.15, -0.1) is 0 Å². The molecule has 0 saturated carbocycles. The van der Waals surface area contributed by atoms with Crippen LogP contribution in [0.3, 0.4) is 0 Å². The highest BCUT2D eigenvalue weighted by Crippen LogP contribution is 2.28. The summed E-state index contributed by atoms with van der Waals surface area (Å²) in [6, 6.07) is -0.518. The van der Waals surface area contributed by atoms with Crippen molar-refractivity contribution in [3.8, 4) is 0 Å². The molecule has 1 rings (SSSR count). The fourth-order valence-corrected chi connectivity index (χ4v) is 1.49. The number of hydrogen-bond acceptors (Lipinski definition) is 3. The lowest BCUT2D eigenvalue weighted by molar-refractivity contribution is -0.136. The van der Waals surface area contributed by atoms with Gasteiger partial charge >= 0.3 is 6.18 Å². The molecule has 1 heterocycles. The number of nitrogens with zero attached hydrogens (tertiary/aromatic N) is 2. The van der Waals surface area contributed by atoms with Gasteiger partial charge in [0.25, 0.3) is 0 Å². The molecule has 16 heavy (non-hydrogen) atoms. The molecule has 92 valence electrons. The average molecular weight is 236 g/mol. The second-order valence-corrected chi connectivity index (χ2v) is 3.68. The topological polar surface area (TPSA) is 55.9 Å². The number of halogens is 3. The molecule has 3 N–H and O–H groups in total. The van der Waals surface area contributed by atoms with Crippen LogP contribution < -0.4 is 11.3 Å². The van der Waals surface area contributed by atoms with E-state index in [0.29, 0.717) is 5.56 Å². The fourth-order valence-electron chi connectivity index (χ4n) is 1.49. The zero-order chi connectivity index (χ0) is 12.3. The third-order valence-corrected chi connectivity index (χ3v) is 2.57. The molecule has 0 aliphatic carbocycles. The van der Waals surface area contributed by atoms with Crippen molar-refractivity contribution in [1.82, 2.24) is 15.2 Å². The molecule has 1 aromatic rings. The lowest BCUT2D eigenvalue weighted by Crippen LogP contribution is -2.29. The van der Waals surface area contributed by atoms with E-state index in [1.165, 1.54) is 6.20 Å². The van der Waals surface area contributed by atoms with Gasteiger partial charge in [0.05, 0.1) is 6.20 Å². The lowest BCUT2D eigenvalue weighted by Gasteiger charge is -2.16. The molecular weight excluding hydrogens is 221 g/mol. The van der Waals surface area contributed by atoms with Crippen LogP contribution in [0.25, 0.3) is 0 Å². The Balaban J connectivity index is 2.72. The van der Waals surface area contributed by atoms with E-state index in [1.54, 1.807) is 18.7 Å². The minimum atomic E-state index is -4.16. The summed E-state index contributed by atoms with van der Waals surface area (Å²) in [5, 5.41) is 3.97. The molecule has 1 unspecified atom stereocenters. The Hall–Kier alpha value is -1.08. The van der Waals surface area contributed by atoms with E-state index in [1.807, 2.05) is 0 Å². The predicted molar refractivity (Wildman–Crippen MR) is 53.3 cm³/mol. The van der Waals surface area contributed by atoms with Crippen LogP contribution in [0.15, 0.2) is 6.20 Å². The van der Waals surface area contributed by atoms with Crippen LogP contribution in [0.1, 0.15) is 30.1 Å². The van der Waals surface area contributed by atoms with Crippen LogP contribution in [0.2, 0.25) is 0 Å². The first kappa shape index (κ1) is 13.0. The first-order valence-corrected chi connectivity index (χ1v) is 4.86. The van der Waals surface area contributed by atoms with E-state index in [9.17, 15) is 13.2 Å². The molecule has 1 atom stereocenters. The van der Waals surface area contributed by atoms with Crippen LogP contribution in [0, 0.1) is 6.92 Å². The predicted octanol–water partition coefficient (Wildman–Crippen LogP) is 1.58. The Bertz CT molecular complexity index is 345. The third kappa shape index (κ3) is 3.21. The van der Waals surface area contributed by atoms with Gasteiger partial charge < -0.3 is 0 Å². The van der Waals surface area contributed by atoms with Crippen LogP contribution in [-0.4, -0.2) is 16.0 Å². The van der Waals surface area contributed by atoms with Crippen molar-refractivity contribution >= 4 is 0 Å². The average Bonchev–Trinajstić information content (AvgIpc) is 2.49. The van der Waals surface area contributed by atoms with Gasteiger partial charge in [-0.05, 0) is 13.3 Å². The highest BCUT2D eigenvalue weighted by Gasteiger charge is 2.29. The fraction of sp³-hybridized carbons (Fsp3) is 0.667. The van der Waals surface area contributed by atoms with E-state index in [-0.39, 0.29) is 6.42 Å². The van der Waals surface area contributed by atoms with E-state index >= 15 is 0 Å². The van der Waals surface area contributed by atoms with Gasteiger partial charge in [0.15, 0.2) is 0 Å². The zero-order valence-corrected chi connectivity index (χ0v) is 9.17. The second-order valence-electron chi connectivity index (χ2n) is 3.68. The molecule has 0 fully saturated rings. The summed E-state index contributed by atoms with van der Waals surface area (Å²) in [6.45, 7) is 1.79. The Morgan fingerprint density at radius 2 is 2.19 bits per heavy atom. The summed E-state index contributed by atoms with van der Waals surface area (Å²) in [7, 11) is 1.73. The number of alkyl halides is 3. The van der Waals surface area contributed by atoms with Crippen molar-refractivity contribution in [2.75, 3.05) is 0 Å². The maximum absolute atomic E-state index is 12.1. The maximum Gasteiger partial charge on any atom is 0.389 e. The molecule has 1 aromatic heterocycles. The molecule has 7 heteroatoms. The molecule has 0 aromatic carbocycles. The first-order chi connectivity index (χ1) is 7.35. The highest BCUT2D eigenvalue weighted by atomic mass is 19.4. The molecule has 0 saturated heterocycles. The minimum absolute atomic E-state index is 0.0907. The van der Waals surface area contributed by atoms with Crippen molar-refractivity contribution in [1.29, 1.82) is 0 Å². The summed E-state index contributed by atoms with van der Waals surface area (Å²) in [6.07, 6.45) is -3.58. The normalized spacial score (nSPS) is 14.1. The largest absolute Gasteiger partial charge is 0.389 e. The SMILES string of the molecule is Cc1c(C(CCC(F)(F)F)NN)cnn1C. The van der Waals surface area contributed by atoms with Crippen LogP contribution in [0.4, 0.5) is 13.2 Å². The Labute approximate surface area is 91.6 Å². The standard InChI is InChI=1S/C9H15F3N4/c1-6-7(5-14-16(6)2)8(15-13)3-4-9(10,11)12/h5,8,15H,3-4,13H2,1-2H3. The van der Waals surface area contributed by atoms with Crippen LogP contribution >= 0.6 is 0 Å². The number of nitrogens with two attached hydrogens (primary N) is 1. The van der Waals surface area contributed by atoms with Gasteiger partial charge in [-0.1, -0.05) is 0 Å². The van der Waals surface area contributed by atoms with E-state index < -0.39 is 18.6 Å². The summed E-state index contributed by atoms with van der Waals surface area (Å²) in [5.74, 6) is 5.26. The van der Waals surface area contributed by atoms with Crippen molar-refractivity contribution in [3.05, 3.63) is 17.5 Å². The zero-order valence-electron chi connectivity index (χ0n) is 9.17. The maximum atomic E-state index is 12.1. The number of nitrogens with one attached hydrogen (secondary N) is 1. The van der Waals surface area contributed by atoms with Crippen molar-refractivity contribution in [2.24, 2.45) is 12.9 Å². The molecule has 0 spiro atoms. The highest BCUT2D eigenvalue weighted by molar-refractivity contribution is 5.20.